The first-order valence-corrected chi connectivity index (χ1v) is 11.0. The molecule has 1 N–H and O–H groups in total. The molecule has 2 heterocycles. The van der Waals surface area contributed by atoms with Crippen LogP contribution in [0.5, 0.6) is 0 Å². The molecular formula is C19H18ClN5O3S2. The summed E-state index contributed by atoms with van der Waals surface area (Å²) >= 11 is 8.90. The lowest BCUT2D eigenvalue weighted by Gasteiger charge is -2.09. The Kier molecular flexibility index (Phi) is 6.91. The van der Waals surface area contributed by atoms with E-state index in [0.717, 1.165) is 17.0 Å². The molecule has 11 heteroatoms. The van der Waals surface area contributed by atoms with Gasteiger partial charge in [0.2, 0.25) is 5.91 Å². The summed E-state index contributed by atoms with van der Waals surface area (Å²) in [5.74, 6) is 0.400. The van der Waals surface area contributed by atoms with E-state index in [0.29, 0.717) is 11.7 Å². The molecule has 0 aliphatic heterocycles. The predicted octanol–water partition coefficient (Wildman–Crippen LogP) is 5.10. The van der Waals surface area contributed by atoms with Gasteiger partial charge in [0.15, 0.2) is 11.0 Å². The number of allylic oxidation sites excluding steroid dienone is 1. The van der Waals surface area contributed by atoms with E-state index in [-0.39, 0.29) is 28.1 Å². The maximum Gasteiger partial charge on any atom is 0.271 e. The maximum atomic E-state index is 12.4. The van der Waals surface area contributed by atoms with Crippen LogP contribution >= 0.6 is 34.7 Å². The van der Waals surface area contributed by atoms with Crippen molar-refractivity contribution in [2.75, 3.05) is 11.1 Å². The molecule has 30 heavy (non-hydrogen) atoms. The van der Waals surface area contributed by atoms with Gasteiger partial charge in [-0.1, -0.05) is 29.4 Å². The molecule has 0 fully saturated rings. The summed E-state index contributed by atoms with van der Waals surface area (Å²) in [5, 5.41) is 24.9. The second-order valence-corrected chi connectivity index (χ2v) is 8.73. The zero-order valence-corrected chi connectivity index (χ0v) is 18.6. The molecule has 0 saturated carbocycles. The summed E-state index contributed by atoms with van der Waals surface area (Å²) in [7, 11) is 0. The van der Waals surface area contributed by atoms with Crippen LogP contribution in [0.4, 0.5) is 11.4 Å². The molecule has 3 rings (SSSR count). The number of aryl methyl sites for hydroxylation is 1. The van der Waals surface area contributed by atoms with Crippen molar-refractivity contribution in [3.63, 3.8) is 0 Å². The smallest absolute Gasteiger partial charge is 0.271 e. The van der Waals surface area contributed by atoms with Gasteiger partial charge in [-0.25, -0.2) is 0 Å². The van der Waals surface area contributed by atoms with Crippen LogP contribution in [0, 0.1) is 24.0 Å². The molecule has 0 bridgehead atoms. The Balaban J connectivity index is 1.75. The highest BCUT2D eigenvalue weighted by atomic mass is 35.5. The van der Waals surface area contributed by atoms with Gasteiger partial charge in [0, 0.05) is 34.5 Å². The average Bonchev–Trinajstić information content (AvgIpc) is 3.25. The number of anilines is 1. The van der Waals surface area contributed by atoms with E-state index in [1.54, 1.807) is 17.4 Å². The first-order valence-electron chi connectivity index (χ1n) is 8.77. The molecule has 0 radical (unpaired) electrons. The highest BCUT2D eigenvalue weighted by Crippen LogP contribution is 2.32. The second kappa shape index (κ2) is 9.41. The van der Waals surface area contributed by atoms with Gasteiger partial charge in [0.25, 0.3) is 5.69 Å². The summed E-state index contributed by atoms with van der Waals surface area (Å²) in [6.45, 7) is 8.38. The first kappa shape index (κ1) is 22.0. The van der Waals surface area contributed by atoms with Crippen molar-refractivity contribution < 1.29 is 9.72 Å². The van der Waals surface area contributed by atoms with Gasteiger partial charge in [-0.05, 0) is 25.5 Å². The maximum absolute atomic E-state index is 12.4. The van der Waals surface area contributed by atoms with Crippen molar-refractivity contribution in [2.24, 2.45) is 0 Å². The lowest BCUT2D eigenvalue weighted by atomic mass is 10.1. The highest BCUT2D eigenvalue weighted by Gasteiger charge is 2.18. The van der Waals surface area contributed by atoms with Crippen LogP contribution in [0.25, 0.3) is 11.4 Å². The number of carbonyl (C=O) groups excluding carboxylic acids is 1. The Morgan fingerprint density at radius 3 is 2.83 bits per heavy atom. The number of halogens is 1. The molecule has 1 amide bonds. The third-order valence-electron chi connectivity index (χ3n) is 4.32. The number of hydrogen-bond donors (Lipinski definition) is 1. The Labute approximate surface area is 186 Å². The molecule has 2 aromatic heterocycles. The summed E-state index contributed by atoms with van der Waals surface area (Å²) in [6.07, 6.45) is 1.74. The Bertz CT molecular complexity index is 1130. The number of carbonyl (C=O) groups is 1. The van der Waals surface area contributed by atoms with Crippen LogP contribution in [0.1, 0.15) is 10.4 Å². The van der Waals surface area contributed by atoms with Gasteiger partial charge in [-0.15, -0.1) is 28.1 Å². The largest absolute Gasteiger partial charge is 0.324 e. The van der Waals surface area contributed by atoms with E-state index < -0.39 is 4.92 Å². The summed E-state index contributed by atoms with van der Waals surface area (Å²) < 4.78 is 1.90. The lowest BCUT2D eigenvalue weighted by Crippen LogP contribution is -2.15. The fourth-order valence-electron chi connectivity index (χ4n) is 2.66. The molecule has 0 aliphatic rings. The first-order chi connectivity index (χ1) is 14.3. The number of thioether (sulfide) groups is 1. The minimum atomic E-state index is -0.547. The van der Waals surface area contributed by atoms with Crippen molar-refractivity contribution in [1.82, 2.24) is 14.8 Å². The second-order valence-electron chi connectivity index (χ2n) is 6.29. The van der Waals surface area contributed by atoms with Crippen LogP contribution in [0.2, 0.25) is 5.02 Å². The highest BCUT2D eigenvalue weighted by molar-refractivity contribution is 7.99. The van der Waals surface area contributed by atoms with Crippen LogP contribution in [0.3, 0.4) is 0 Å². The van der Waals surface area contributed by atoms with Crippen molar-refractivity contribution in [1.29, 1.82) is 0 Å². The fourth-order valence-corrected chi connectivity index (χ4v) is 4.44. The number of rotatable bonds is 8. The van der Waals surface area contributed by atoms with E-state index in [1.807, 2.05) is 16.9 Å². The zero-order valence-electron chi connectivity index (χ0n) is 16.2. The minimum Gasteiger partial charge on any atom is -0.324 e. The SMILES string of the molecule is C=CCn1c(SCC(=O)Nc2cc([N+](=O)[O-])ccc2Cl)nnc1-c1csc(C)c1C. The van der Waals surface area contributed by atoms with E-state index in [2.05, 4.69) is 29.0 Å². The van der Waals surface area contributed by atoms with Crippen LogP contribution in [-0.4, -0.2) is 31.3 Å². The Hall–Kier alpha value is -2.69. The molecular weight excluding hydrogens is 446 g/mol. The Morgan fingerprint density at radius 2 is 2.20 bits per heavy atom. The quantitative estimate of drug-likeness (QED) is 0.216. The standard InChI is InChI=1S/C19H18ClN5O3S2/c1-4-7-24-18(14-9-29-12(3)11(14)2)22-23-19(24)30-10-17(26)21-16-8-13(25(27)28)5-6-15(16)20/h4-6,8-9H,1,7,10H2,2-3H3,(H,21,26). The number of nitrogens with one attached hydrogen (secondary N) is 1. The molecule has 0 aliphatic carbocycles. The molecule has 3 aromatic rings. The summed E-state index contributed by atoms with van der Waals surface area (Å²) in [6, 6.07) is 3.88. The average molecular weight is 464 g/mol. The fraction of sp³-hybridized carbons (Fsp3) is 0.211. The number of nitro groups is 1. The van der Waals surface area contributed by atoms with Gasteiger partial charge >= 0.3 is 0 Å². The van der Waals surface area contributed by atoms with E-state index >= 15 is 0 Å². The van der Waals surface area contributed by atoms with Gasteiger partial charge in [0.05, 0.1) is 21.4 Å². The number of amides is 1. The van der Waals surface area contributed by atoms with Crippen LogP contribution in [-0.2, 0) is 11.3 Å². The van der Waals surface area contributed by atoms with Crippen LogP contribution < -0.4 is 5.32 Å². The molecule has 0 unspecified atom stereocenters. The molecule has 0 spiro atoms. The van der Waals surface area contributed by atoms with Crippen molar-refractivity contribution in [2.45, 2.75) is 25.5 Å². The van der Waals surface area contributed by atoms with E-state index in [4.69, 9.17) is 11.6 Å². The number of benzene rings is 1. The third-order valence-corrected chi connectivity index (χ3v) is 6.63. The number of nitro benzene ring substituents is 1. The zero-order chi connectivity index (χ0) is 21.8. The molecule has 156 valence electrons. The number of nitrogens with zero attached hydrogens (tertiary/aromatic N) is 4. The van der Waals surface area contributed by atoms with Gasteiger partial charge in [-0.2, -0.15) is 0 Å². The van der Waals surface area contributed by atoms with Crippen LogP contribution in [0.15, 0.2) is 41.4 Å². The number of non-ortho nitro benzene ring substituents is 1. The predicted molar refractivity (Wildman–Crippen MR) is 120 cm³/mol. The summed E-state index contributed by atoms with van der Waals surface area (Å²) in [5.41, 5.74) is 2.19. The number of aromatic nitrogens is 3. The number of hydrogen-bond acceptors (Lipinski definition) is 7. The van der Waals surface area contributed by atoms with E-state index in [1.165, 1.54) is 34.8 Å². The van der Waals surface area contributed by atoms with Gasteiger partial charge < -0.3 is 5.32 Å². The van der Waals surface area contributed by atoms with Gasteiger partial charge in [-0.3, -0.25) is 19.5 Å². The van der Waals surface area contributed by atoms with Crippen molar-refractivity contribution >= 4 is 52.0 Å². The third kappa shape index (κ3) is 4.72. The van der Waals surface area contributed by atoms with E-state index in [9.17, 15) is 14.9 Å². The van der Waals surface area contributed by atoms with Crippen molar-refractivity contribution in [3.8, 4) is 11.4 Å². The Morgan fingerprint density at radius 1 is 1.43 bits per heavy atom. The minimum absolute atomic E-state index is 0.0376. The number of thiophene rings is 1. The topological polar surface area (TPSA) is 103 Å². The van der Waals surface area contributed by atoms with Crippen molar-refractivity contribution in [3.05, 3.63) is 61.8 Å². The summed E-state index contributed by atoms with van der Waals surface area (Å²) in [4.78, 5) is 24.0. The monoisotopic (exact) mass is 463 g/mol. The molecule has 0 saturated heterocycles. The lowest BCUT2D eigenvalue weighted by molar-refractivity contribution is -0.384. The van der Waals surface area contributed by atoms with Gasteiger partial charge in [0.1, 0.15) is 0 Å². The molecule has 0 atom stereocenters. The normalized spacial score (nSPS) is 10.8. The molecule has 8 nitrogen and oxygen atoms in total. The molecule has 1 aromatic carbocycles.